The van der Waals surface area contributed by atoms with Crippen LogP contribution in [0.3, 0.4) is 0 Å². The zero-order valence-corrected chi connectivity index (χ0v) is 12.0. The van der Waals surface area contributed by atoms with Crippen molar-refractivity contribution in [3.63, 3.8) is 0 Å². The Balaban J connectivity index is 2.10. The monoisotopic (exact) mass is 270 g/mol. The Labute approximate surface area is 120 Å². The minimum absolute atomic E-state index is 0.0997. The first kappa shape index (κ1) is 14.8. The molecule has 0 aliphatic rings. The third-order valence-corrected chi connectivity index (χ3v) is 4.03. The Hall–Kier alpha value is -1.64. The van der Waals surface area contributed by atoms with E-state index in [1.165, 1.54) is 0 Å². The lowest BCUT2D eigenvalue weighted by atomic mass is 9.84. The summed E-state index contributed by atoms with van der Waals surface area (Å²) in [5, 5.41) is 20.8. The molecule has 0 spiro atoms. The Morgan fingerprint density at radius 2 is 0.900 bits per heavy atom. The number of hydrogen-bond acceptors (Lipinski definition) is 2. The molecule has 2 N–H and O–H groups in total. The first-order valence-corrected chi connectivity index (χ1v) is 7.07. The summed E-state index contributed by atoms with van der Waals surface area (Å²) in [4.78, 5) is 0. The number of aliphatic hydroxyl groups is 2. The van der Waals surface area contributed by atoms with Gasteiger partial charge in [0.2, 0.25) is 0 Å². The number of hydrogen-bond donors (Lipinski definition) is 2. The molecule has 106 valence electrons. The fourth-order valence-corrected chi connectivity index (χ4v) is 2.50. The maximum atomic E-state index is 10.4. The molecule has 2 nitrogen and oxygen atoms in total. The summed E-state index contributed by atoms with van der Waals surface area (Å²) in [6.07, 6.45) is -1.57. The molecule has 20 heavy (non-hydrogen) atoms. The van der Waals surface area contributed by atoms with E-state index < -0.39 is 12.2 Å². The van der Waals surface area contributed by atoms with Crippen LogP contribution in [-0.4, -0.2) is 22.4 Å². The van der Waals surface area contributed by atoms with Gasteiger partial charge in [-0.25, -0.2) is 0 Å². The van der Waals surface area contributed by atoms with Crippen LogP contribution in [0.1, 0.15) is 36.8 Å². The lowest BCUT2D eigenvalue weighted by molar-refractivity contribution is -0.00670. The molecule has 0 aliphatic heterocycles. The van der Waals surface area contributed by atoms with Crippen LogP contribution in [0, 0.1) is 0 Å². The van der Waals surface area contributed by atoms with Gasteiger partial charge in [-0.2, -0.15) is 0 Å². The molecule has 4 atom stereocenters. The first-order valence-electron chi connectivity index (χ1n) is 7.07. The van der Waals surface area contributed by atoms with Gasteiger partial charge in [-0.3, -0.25) is 0 Å². The predicted octanol–water partition coefficient (Wildman–Crippen LogP) is 3.32. The fourth-order valence-electron chi connectivity index (χ4n) is 2.50. The Kier molecular flexibility index (Phi) is 4.94. The van der Waals surface area contributed by atoms with E-state index in [9.17, 15) is 10.2 Å². The van der Waals surface area contributed by atoms with Crippen molar-refractivity contribution in [1.82, 2.24) is 0 Å². The van der Waals surface area contributed by atoms with Gasteiger partial charge in [-0.05, 0) is 11.1 Å². The van der Waals surface area contributed by atoms with Crippen molar-refractivity contribution in [1.29, 1.82) is 0 Å². The summed E-state index contributed by atoms with van der Waals surface area (Å²) in [5.41, 5.74) is 2.08. The molecule has 0 fully saturated rings. The van der Waals surface area contributed by atoms with Crippen LogP contribution in [0.15, 0.2) is 60.7 Å². The third kappa shape index (κ3) is 3.27. The van der Waals surface area contributed by atoms with Crippen molar-refractivity contribution < 1.29 is 10.2 Å². The average Bonchev–Trinajstić information content (AvgIpc) is 2.53. The molecular formula is C18H22O2. The van der Waals surface area contributed by atoms with Gasteiger partial charge >= 0.3 is 0 Å². The predicted molar refractivity (Wildman–Crippen MR) is 81.7 cm³/mol. The van der Waals surface area contributed by atoms with E-state index in [-0.39, 0.29) is 11.8 Å². The molecule has 2 aromatic carbocycles. The third-order valence-electron chi connectivity index (χ3n) is 4.03. The van der Waals surface area contributed by atoms with Crippen LogP contribution in [-0.2, 0) is 0 Å². The highest BCUT2D eigenvalue weighted by Crippen LogP contribution is 2.28. The van der Waals surface area contributed by atoms with Crippen molar-refractivity contribution in [2.45, 2.75) is 37.9 Å². The van der Waals surface area contributed by atoms with Gasteiger partial charge in [0, 0.05) is 11.8 Å². The average molecular weight is 270 g/mol. The Morgan fingerprint density at radius 3 is 1.20 bits per heavy atom. The van der Waals surface area contributed by atoms with Gasteiger partial charge in [-0.1, -0.05) is 74.5 Å². The summed E-state index contributed by atoms with van der Waals surface area (Å²) in [6.45, 7) is 3.89. The molecule has 0 aromatic heterocycles. The van der Waals surface area contributed by atoms with E-state index in [0.29, 0.717) is 0 Å². The number of aliphatic hydroxyl groups excluding tert-OH is 2. The van der Waals surface area contributed by atoms with Crippen molar-refractivity contribution in [3.05, 3.63) is 71.8 Å². The Morgan fingerprint density at radius 1 is 0.600 bits per heavy atom. The molecule has 0 saturated carbocycles. The summed E-state index contributed by atoms with van der Waals surface area (Å²) in [7, 11) is 0. The molecule has 0 radical (unpaired) electrons. The summed E-state index contributed by atoms with van der Waals surface area (Å²) in [5.74, 6) is -0.199. The smallest absolute Gasteiger partial charge is 0.0870 e. The van der Waals surface area contributed by atoms with Crippen LogP contribution >= 0.6 is 0 Å². The molecule has 2 unspecified atom stereocenters. The Bertz CT molecular complexity index is 460. The van der Waals surface area contributed by atoms with E-state index in [0.717, 1.165) is 11.1 Å². The summed E-state index contributed by atoms with van der Waals surface area (Å²) < 4.78 is 0. The van der Waals surface area contributed by atoms with Gasteiger partial charge in [0.1, 0.15) is 0 Å². The second-order valence-corrected chi connectivity index (χ2v) is 5.38. The SMILES string of the molecule is CC(c1ccccc1)[C@@H](O)[C@H](O)C(C)c1ccccc1. The molecule has 0 amide bonds. The summed E-state index contributed by atoms with van der Waals surface area (Å²) >= 11 is 0. The molecular weight excluding hydrogens is 248 g/mol. The fraction of sp³-hybridized carbons (Fsp3) is 0.333. The highest BCUT2D eigenvalue weighted by molar-refractivity contribution is 5.23. The highest BCUT2D eigenvalue weighted by atomic mass is 16.3. The van der Waals surface area contributed by atoms with Crippen molar-refractivity contribution in [2.24, 2.45) is 0 Å². The quantitative estimate of drug-likeness (QED) is 0.875. The van der Waals surface area contributed by atoms with E-state index in [2.05, 4.69) is 0 Å². The van der Waals surface area contributed by atoms with Gasteiger partial charge in [-0.15, -0.1) is 0 Å². The topological polar surface area (TPSA) is 40.5 Å². The van der Waals surface area contributed by atoms with Crippen molar-refractivity contribution in [2.75, 3.05) is 0 Å². The maximum absolute atomic E-state index is 10.4. The van der Waals surface area contributed by atoms with Crippen molar-refractivity contribution >= 4 is 0 Å². The number of rotatable bonds is 5. The minimum Gasteiger partial charge on any atom is -0.390 e. The van der Waals surface area contributed by atoms with Crippen LogP contribution in [0.5, 0.6) is 0 Å². The zero-order chi connectivity index (χ0) is 14.5. The zero-order valence-electron chi connectivity index (χ0n) is 12.0. The van der Waals surface area contributed by atoms with E-state index in [1.807, 2.05) is 74.5 Å². The largest absolute Gasteiger partial charge is 0.390 e. The van der Waals surface area contributed by atoms with Crippen LogP contribution in [0.2, 0.25) is 0 Å². The standard InChI is InChI=1S/C18H22O2/c1-13(15-9-5-3-6-10-15)17(19)18(20)14(2)16-11-7-4-8-12-16/h3-14,17-20H,1-2H3/t13?,14?,17-,18-/m1/s1. The maximum Gasteiger partial charge on any atom is 0.0870 e. The molecule has 0 heterocycles. The molecule has 2 heteroatoms. The lowest BCUT2D eigenvalue weighted by Crippen LogP contribution is -2.34. The lowest BCUT2D eigenvalue weighted by Gasteiger charge is -2.28. The normalized spacial score (nSPS) is 17.2. The second kappa shape index (κ2) is 6.69. The van der Waals surface area contributed by atoms with Crippen molar-refractivity contribution in [3.8, 4) is 0 Å². The summed E-state index contributed by atoms with van der Waals surface area (Å²) in [6, 6.07) is 19.6. The van der Waals surface area contributed by atoms with E-state index in [4.69, 9.17) is 0 Å². The van der Waals surface area contributed by atoms with Crippen LogP contribution in [0.4, 0.5) is 0 Å². The van der Waals surface area contributed by atoms with Gasteiger partial charge in [0.05, 0.1) is 12.2 Å². The number of benzene rings is 2. The molecule has 2 rings (SSSR count). The molecule has 2 aromatic rings. The molecule has 0 saturated heterocycles. The highest BCUT2D eigenvalue weighted by Gasteiger charge is 2.29. The van der Waals surface area contributed by atoms with Crippen LogP contribution < -0.4 is 0 Å². The van der Waals surface area contributed by atoms with Gasteiger partial charge < -0.3 is 10.2 Å². The minimum atomic E-state index is -0.785. The first-order chi connectivity index (χ1) is 9.61. The van der Waals surface area contributed by atoms with E-state index >= 15 is 0 Å². The second-order valence-electron chi connectivity index (χ2n) is 5.38. The molecule has 0 aliphatic carbocycles. The van der Waals surface area contributed by atoms with Gasteiger partial charge in [0.25, 0.3) is 0 Å². The molecule has 0 bridgehead atoms. The van der Waals surface area contributed by atoms with Gasteiger partial charge in [0.15, 0.2) is 0 Å². The van der Waals surface area contributed by atoms with Crippen LogP contribution in [0.25, 0.3) is 0 Å². The van der Waals surface area contributed by atoms with E-state index in [1.54, 1.807) is 0 Å².